The van der Waals surface area contributed by atoms with Crippen LogP contribution in [0.15, 0.2) is 18.2 Å². The third kappa shape index (κ3) is 3.35. The molecule has 0 fully saturated rings. The molecule has 0 radical (unpaired) electrons. The first-order chi connectivity index (χ1) is 9.98. The Balaban J connectivity index is 2.70. The molecule has 0 saturated carbocycles. The average Bonchev–Trinajstić information content (AvgIpc) is 2.36. The molecule has 1 aromatic carbocycles. The molecule has 0 spiro atoms. The van der Waals surface area contributed by atoms with Gasteiger partial charge < -0.3 is 11.5 Å². The molecular weight excluding hydrogens is 274 g/mol. The molecule has 0 atom stereocenters. The highest BCUT2D eigenvalue weighted by Gasteiger charge is 2.22. The Kier molecular flexibility index (Phi) is 3.85. The van der Waals surface area contributed by atoms with Crippen LogP contribution in [0.25, 0.3) is 11.3 Å². The van der Waals surface area contributed by atoms with E-state index in [0.717, 1.165) is 5.56 Å². The fraction of sp³-hybridized carbons (Fsp3) is 0.471. The summed E-state index contributed by atoms with van der Waals surface area (Å²) in [5.41, 5.74) is 15.5. The molecule has 5 nitrogen and oxygen atoms in total. The van der Waals surface area contributed by atoms with Crippen molar-refractivity contribution in [1.82, 2.24) is 15.2 Å². The van der Waals surface area contributed by atoms with Crippen molar-refractivity contribution in [1.29, 1.82) is 0 Å². The third-order valence-corrected chi connectivity index (χ3v) is 3.67. The van der Waals surface area contributed by atoms with Crippen LogP contribution in [0, 0.1) is 0 Å². The molecule has 118 valence electrons. The van der Waals surface area contributed by atoms with Crippen LogP contribution in [-0.4, -0.2) is 15.2 Å². The van der Waals surface area contributed by atoms with Crippen LogP contribution in [-0.2, 0) is 10.8 Å². The Hall–Kier alpha value is -2.17. The minimum absolute atomic E-state index is 0.0272. The maximum Gasteiger partial charge on any atom is 0.242 e. The summed E-state index contributed by atoms with van der Waals surface area (Å²) < 4.78 is 0. The SMILES string of the molecule is CC(C)(C)c1cc(-c2nnc(N)nc2N)cc(C(C)(C)C)c1. The molecule has 0 amide bonds. The van der Waals surface area contributed by atoms with Gasteiger partial charge in [-0.25, -0.2) is 0 Å². The number of anilines is 2. The smallest absolute Gasteiger partial charge is 0.242 e. The zero-order valence-corrected chi connectivity index (χ0v) is 14.2. The van der Waals surface area contributed by atoms with E-state index in [4.69, 9.17) is 11.5 Å². The standard InChI is InChI=1S/C17H25N5/c1-16(2,3)11-7-10(8-12(9-11)17(4,5)6)13-14(18)20-15(19)22-21-13/h7-9H,1-6H3,(H4,18,19,20,22). The average molecular weight is 299 g/mol. The number of nitrogens with zero attached hydrogens (tertiary/aromatic N) is 3. The highest BCUT2D eigenvalue weighted by atomic mass is 15.2. The normalized spacial score (nSPS) is 12.5. The van der Waals surface area contributed by atoms with Crippen molar-refractivity contribution >= 4 is 11.8 Å². The number of aromatic nitrogens is 3. The first-order valence-corrected chi connectivity index (χ1v) is 7.40. The first kappa shape index (κ1) is 16.2. The van der Waals surface area contributed by atoms with Crippen LogP contribution < -0.4 is 11.5 Å². The summed E-state index contributed by atoms with van der Waals surface area (Å²) in [6.07, 6.45) is 0. The molecule has 0 aliphatic heterocycles. The molecule has 2 aromatic rings. The molecule has 1 aromatic heterocycles. The van der Waals surface area contributed by atoms with E-state index in [1.807, 2.05) is 0 Å². The second kappa shape index (κ2) is 5.23. The highest BCUT2D eigenvalue weighted by Crippen LogP contribution is 2.34. The van der Waals surface area contributed by atoms with Crippen molar-refractivity contribution in [3.05, 3.63) is 29.3 Å². The molecule has 0 aliphatic carbocycles. The first-order valence-electron chi connectivity index (χ1n) is 7.40. The van der Waals surface area contributed by atoms with Gasteiger partial charge in [-0.05, 0) is 34.1 Å². The second-order valence-corrected chi connectivity index (χ2v) is 7.70. The van der Waals surface area contributed by atoms with E-state index in [0.29, 0.717) is 11.5 Å². The maximum atomic E-state index is 5.98. The lowest BCUT2D eigenvalue weighted by Crippen LogP contribution is -2.17. The number of rotatable bonds is 1. The van der Waals surface area contributed by atoms with Crippen LogP contribution in [0.3, 0.4) is 0 Å². The van der Waals surface area contributed by atoms with E-state index in [-0.39, 0.29) is 16.8 Å². The van der Waals surface area contributed by atoms with Gasteiger partial charge in [-0.1, -0.05) is 47.6 Å². The Morgan fingerprint density at radius 2 is 1.27 bits per heavy atom. The van der Waals surface area contributed by atoms with Crippen LogP contribution >= 0.6 is 0 Å². The van der Waals surface area contributed by atoms with E-state index in [2.05, 4.69) is 74.9 Å². The van der Waals surface area contributed by atoms with Crippen molar-refractivity contribution in [3.8, 4) is 11.3 Å². The fourth-order valence-corrected chi connectivity index (χ4v) is 2.19. The van der Waals surface area contributed by atoms with Gasteiger partial charge >= 0.3 is 0 Å². The molecule has 0 aliphatic rings. The zero-order valence-electron chi connectivity index (χ0n) is 14.2. The summed E-state index contributed by atoms with van der Waals surface area (Å²) in [4.78, 5) is 4.02. The molecule has 0 bridgehead atoms. The minimum Gasteiger partial charge on any atom is -0.382 e. The predicted octanol–water partition coefficient (Wildman–Crippen LogP) is 3.30. The van der Waals surface area contributed by atoms with Gasteiger partial charge in [-0.3, -0.25) is 0 Å². The number of nitrogens with two attached hydrogens (primary N) is 2. The Morgan fingerprint density at radius 3 is 1.68 bits per heavy atom. The highest BCUT2D eigenvalue weighted by molar-refractivity contribution is 5.71. The van der Waals surface area contributed by atoms with Gasteiger partial charge in [0.2, 0.25) is 5.95 Å². The van der Waals surface area contributed by atoms with E-state index in [1.54, 1.807) is 0 Å². The zero-order chi connectivity index (χ0) is 16.7. The van der Waals surface area contributed by atoms with Gasteiger partial charge in [0, 0.05) is 5.56 Å². The summed E-state index contributed by atoms with van der Waals surface area (Å²) in [5, 5.41) is 7.97. The number of hydrogen-bond donors (Lipinski definition) is 2. The lowest BCUT2D eigenvalue weighted by atomic mass is 9.79. The molecule has 0 unspecified atom stereocenters. The summed E-state index contributed by atoms with van der Waals surface area (Å²) in [7, 11) is 0. The van der Waals surface area contributed by atoms with Crippen molar-refractivity contribution in [2.75, 3.05) is 11.5 Å². The van der Waals surface area contributed by atoms with Gasteiger partial charge in [0.05, 0.1) is 0 Å². The van der Waals surface area contributed by atoms with E-state index >= 15 is 0 Å². The van der Waals surface area contributed by atoms with Gasteiger partial charge in [0.25, 0.3) is 0 Å². The van der Waals surface area contributed by atoms with Gasteiger partial charge in [-0.2, -0.15) is 4.98 Å². The van der Waals surface area contributed by atoms with Crippen molar-refractivity contribution < 1.29 is 0 Å². The van der Waals surface area contributed by atoms with Gasteiger partial charge in [-0.15, -0.1) is 10.2 Å². The van der Waals surface area contributed by atoms with Crippen molar-refractivity contribution in [3.63, 3.8) is 0 Å². The van der Waals surface area contributed by atoms with E-state index < -0.39 is 0 Å². The summed E-state index contributed by atoms with van der Waals surface area (Å²) in [5.74, 6) is 0.391. The van der Waals surface area contributed by atoms with Crippen LogP contribution in [0.1, 0.15) is 52.7 Å². The molecule has 5 heteroatoms. The maximum absolute atomic E-state index is 5.98. The Labute approximate surface area is 132 Å². The van der Waals surface area contributed by atoms with Crippen LogP contribution in [0.2, 0.25) is 0 Å². The van der Waals surface area contributed by atoms with Gasteiger partial charge in [0.15, 0.2) is 5.82 Å². The summed E-state index contributed by atoms with van der Waals surface area (Å²) in [6.45, 7) is 13.1. The predicted molar refractivity (Wildman–Crippen MR) is 91.5 cm³/mol. The quantitative estimate of drug-likeness (QED) is 0.843. The second-order valence-electron chi connectivity index (χ2n) is 7.70. The number of hydrogen-bond acceptors (Lipinski definition) is 5. The third-order valence-electron chi connectivity index (χ3n) is 3.67. The summed E-state index contributed by atoms with van der Waals surface area (Å²) in [6, 6.07) is 6.46. The monoisotopic (exact) mass is 299 g/mol. The fourth-order valence-electron chi connectivity index (χ4n) is 2.19. The molecular formula is C17H25N5. The number of benzene rings is 1. The number of nitrogen functional groups attached to an aromatic ring is 2. The van der Waals surface area contributed by atoms with Crippen molar-refractivity contribution in [2.45, 2.75) is 52.4 Å². The largest absolute Gasteiger partial charge is 0.382 e. The molecule has 22 heavy (non-hydrogen) atoms. The van der Waals surface area contributed by atoms with Gasteiger partial charge in [0.1, 0.15) is 5.69 Å². The van der Waals surface area contributed by atoms with Crippen LogP contribution in [0.5, 0.6) is 0 Å². The molecule has 2 rings (SSSR count). The lowest BCUT2D eigenvalue weighted by molar-refractivity contribution is 0.569. The minimum atomic E-state index is 0.0272. The molecule has 0 saturated heterocycles. The Morgan fingerprint density at radius 1 is 0.773 bits per heavy atom. The van der Waals surface area contributed by atoms with E-state index in [1.165, 1.54) is 11.1 Å². The van der Waals surface area contributed by atoms with E-state index in [9.17, 15) is 0 Å². The van der Waals surface area contributed by atoms with Crippen LogP contribution in [0.4, 0.5) is 11.8 Å². The Bertz CT molecular complexity index is 661. The topological polar surface area (TPSA) is 90.7 Å². The molecule has 4 N–H and O–H groups in total. The summed E-state index contributed by atoms with van der Waals surface area (Å²) >= 11 is 0. The lowest BCUT2D eigenvalue weighted by Gasteiger charge is -2.26. The molecule has 1 heterocycles. The van der Waals surface area contributed by atoms with Crippen molar-refractivity contribution in [2.24, 2.45) is 0 Å².